The summed E-state index contributed by atoms with van der Waals surface area (Å²) in [5.74, 6) is 1.84. The molecule has 1 amide bonds. The van der Waals surface area contributed by atoms with Gasteiger partial charge >= 0.3 is 0 Å². The van der Waals surface area contributed by atoms with Gasteiger partial charge in [0.05, 0.1) is 49.7 Å². The number of hydrogen-bond acceptors (Lipinski definition) is 8. The molecule has 5 aliphatic carbocycles. The first-order valence-electron chi connectivity index (χ1n) is 19.7. The van der Waals surface area contributed by atoms with E-state index in [4.69, 9.17) is 18.9 Å². The quantitative estimate of drug-likeness (QED) is 0.363. The number of likely N-dealkylation sites (N-methyl/N-ethyl adjacent to an activating group) is 1. The minimum Gasteiger partial charge on any atom is -0.390 e. The summed E-state index contributed by atoms with van der Waals surface area (Å²) in [6.45, 7) is 20.7. The maximum atomic E-state index is 12.6. The number of aliphatic hydroxyl groups excluding tert-OH is 1. The molecule has 2 heterocycles. The van der Waals surface area contributed by atoms with Gasteiger partial charge in [-0.2, -0.15) is 0 Å². The van der Waals surface area contributed by atoms with E-state index in [1.165, 1.54) is 25.7 Å². The second-order valence-electron chi connectivity index (χ2n) is 19.5. The van der Waals surface area contributed by atoms with Crippen LogP contribution < -0.4 is 0 Å². The average Bonchev–Trinajstić information content (AvgIpc) is 3.65. The zero-order chi connectivity index (χ0) is 35.5. The first-order chi connectivity index (χ1) is 22.9. The first-order valence-corrected chi connectivity index (χ1v) is 19.7. The molecule has 7 rings (SSSR count). The Labute approximate surface area is 296 Å². The summed E-state index contributed by atoms with van der Waals surface area (Å²) in [6, 6.07) is 0. The topological polar surface area (TPSA) is 101 Å². The number of hydrogen-bond donors (Lipinski definition) is 2. The molecule has 2 aliphatic heterocycles. The van der Waals surface area contributed by atoms with E-state index in [-0.39, 0.29) is 52.2 Å². The molecule has 0 aromatic carbocycles. The second kappa shape index (κ2) is 12.1. The highest BCUT2D eigenvalue weighted by atomic mass is 16.7. The number of rotatable bonds is 8. The third kappa shape index (κ3) is 5.20. The fourth-order valence-electron chi connectivity index (χ4n) is 14.1. The van der Waals surface area contributed by atoms with Crippen LogP contribution in [0.3, 0.4) is 0 Å². The van der Waals surface area contributed by atoms with Crippen molar-refractivity contribution in [3.63, 3.8) is 0 Å². The zero-order valence-electron chi connectivity index (χ0n) is 32.3. The number of morpholine rings is 1. The number of carbonyl (C=O) groups excluding carboxylic acids is 1. The average molecular weight is 689 g/mol. The van der Waals surface area contributed by atoms with Gasteiger partial charge in [-0.15, -0.1) is 0 Å². The van der Waals surface area contributed by atoms with E-state index in [0.717, 1.165) is 32.2 Å². The van der Waals surface area contributed by atoms with E-state index in [1.807, 2.05) is 34.9 Å². The molecule has 14 atom stereocenters. The van der Waals surface area contributed by atoms with Crippen LogP contribution in [0.4, 0.5) is 0 Å². The number of fused-ring (bicyclic) bond motifs is 4. The van der Waals surface area contributed by atoms with Crippen molar-refractivity contribution in [2.75, 3.05) is 46.9 Å². The van der Waals surface area contributed by atoms with Gasteiger partial charge in [-0.3, -0.25) is 9.69 Å². The van der Waals surface area contributed by atoms with Crippen molar-refractivity contribution in [2.45, 2.75) is 149 Å². The number of nitrogens with zero attached hydrogens (tertiary/aromatic N) is 2. The van der Waals surface area contributed by atoms with Crippen LogP contribution in [0.2, 0.25) is 0 Å². The largest absolute Gasteiger partial charge is 0.390 e. The molecule has 49 heavy (non-hydrogen) atoms. The minimum atomic E-state index is -1.02. The summed E-state index contributed by atoms with van der Waals surface area (Å²) in [4.78, 5) is 16.2. The highest BCUT2D eigenvalue weighted by molar-refractivity contribution is 5.77. The third-order valence-electron chi connectivity index (χ3n) is 16.4. The summed E-state index contributed by atoms with van der Waals surface area (Å²) >= 11 is 0. The summed E-state index contributed by atoms with van der Waals surface area (Å²) < 4.78 is 26.1. The monoisotopic (exact) mass is 689 g/mol. The van der Waals surface area contributed by atoms with Gasteiger partial charge in [0.25, 0.3) is 0 Å². The van der Waals surface area contributed by atoms with Crippen molar-refractivity contribution in [2.24, 2.45) is 50.7 Å². The van der Waals surface area contributed by atoms with Gasteiger partial charge in [0, 0.05) is 32.7 Å². The second-order valence-corrected chi connectivity index (χ2v) is 19.5. The molecule has 0 aromatic rings. The lowest BCUT2D eigenvalue weighted by molar-refractivity contribution is -0.248. The van der Waals surface area contributed by atoms with E-state index >= 15 is 0 Å². The molecule has 2 spiro atoms. The predicted molar refractivity (Wildman–Crippen MR) is 188 cm³/mol. The molecule has 0 aromatic heterocycles. The first kappa shape index (κ1) is 36.5. The van der Waals surface area contributed by atoms with Gasteiger partial charge in [0.15, 0.2) is 6.29 Å². The molecule has 1 unspecified atom stereocenters. The molecular formula is C40H68N2O7. The van der Waals surface area contributed by atoms with Crippen LogP contribution in [-0.4, -0.2) is 115 Å². The highest BCUT2D eigenvalue weighted by Crippen LogP contribution is 2.89. The van der Waals surface area contributed by atoms with Crippen molar-refractivity contribution in [3.05, 3.63) is 0 Å². The Morgan fingerprint density at radius 2 is 1.76 bits per heavy atom. The van der Waals surface area contributed by atoms with Crippen molar-refractivity contribution in [3.8, 4) is 0 Å². The molecule has 0 radical (unpaired) electrons. The standard InChI is InChI=1S/C40H68N2O7/c1-11-46-34(36(5,6)45)25-20-24(2)31-32(48-25)33(44)38(8)27-13-12-26-35(3,4)28(14-15-39(26)23-40(27,39)17-16-37(31,38)7)49-30-22-42(18-19-47-30)21-29(43)41(9)10/h24-28,30-34,44-45H,11-23H2,1-10H3/t24-,25-,26+,27+,28+,30+,31+,32+,33+,34+,37-,38-,39?,40+/m1/s1. The minimum absolute atomic E-state index is 0.00215. The normalized spacial score (nSPS) is 49.5. The molecule has 7 fully saturated rings. The lowest BCUT2D eigenvalue weighted by Gasteiger charge is -2.64. The van der Waals surface area contributed by atoms with Gasteiger partial charge in [0.1, 0.15) is 6.10 Å². The Hall–Kier alpha value is -0.810. The van der Waals surface area contributed by atoms with E-state index < -0.39 is 17.8 Å². The maximum absolute atomic E-state index is 12.6. The summed E-state index contributed by atoms with van der Waals surface area (Å²) in [7, 11) is 3.62. The van der Waals surface area contributed by atoms with Crippen LogP contribution in [0, 0.1) is 50.7 Å². The summed E-state index contributed by atoms with van der Waals surface area (Å²) in [6.07, 6.45) is 7.45. The smallest absolute Gasteiger partial charge is 0.236 e. The Kier molecular flexibility index (Phi) is 9.03. The Balaban J connectivity index is 1.10. The molecule has 5 saturated carbocycles. The molecule has 0 bridgehead atoms. The number of amides is 1. The van der Waals surface area contributed by atoms with Crippen molar-refractivity contribution in [1.29, 1.82) is 0 Å². The zero-order valence-corrected chi connectivity index (χ0v) is 32.3. The number of carbonyl (C=O) groups is 1. The number of ether oxygens (including phenoxy) is 4. The van der Waals surface area contributed by atoms with Crippen molar-refractivity contribution in [1.82, 2.24) is 9.80 Å². The Morgan fingerprint density at radius 1 is 1.06 bits per heavy atom. The Bertz CT molecular complexity index is 1270. The fourth-order valence-corrected chi connectivity index (χ4v) is 14.1. The molecular weight excluding hydrogens is 620 g/mol. The highest BCUT2D eigenvalue weighted by Gasteiger charge is 2.84. The molecule has 7 aliphatic rings. The third-order valence-corrected chi connectivity index (χ3v) is 16.4. The van der Waals surface area contributed by atoms with Crippen LogP contribution in [0.1, 0.15) is 107 Å². The predicted octanol–water partition coefficient (Wildman–Crippen LogP) is 5.11. The summed E-state index contributed by atoms with van der Waals surface area (Å²) in [5.41, 5.74) is -0.659. The van der Waals surface area contributed by atoms with Crippen LogP contribution >= 0.6 is 0 Å². The lowest BCUT2D eigenvalue weighted by atomic mass is 9.41. The molecule has 9 nitrogen and oxygen atoms in total. The maximum Gasteiger partial charge on any atom is 0.236 e. The molecule has 2 N–H and O–H groups in total. The van der Waals surface area contributed by atoms with Crippen LogP contribution in [-0.2, 0) is 23.7 Å². The van der Waals surface area contributed by atoms with Crippen molar-refractivity contribution < 1.29 is 34.0 Å². The van der Waals surface area contributed by atoms with Gasteiger partial charge in [0.2, 0.25) is 5.91 Å². The number of aliphatic hydroxyl groups is 2. The Morgan fingerprint density at radius 3 is 2.43 bits per heavy atom. The van der Waals surface area contributed by atoms with Gasteiger partial charge < -0.3 is 34.1 Å². The molecule has 9 heteroatoms. The van der Waals surface area contributed by atoms with E-state index in [2.05, 4.69) is 39.5 Å². The molecule has 280 valence electrons. The van der Waals surface area contributed by atoms with E-state index in [9.17, 15) is 15.0 Å². The molecule has 2 saturated heterocycles. The van der Waals surface area contributed by atoms with Gasteiger partial charge in [-0.05, 0) is 117 Å². The van der Waals surface area contributed by atoms with Crippen molar-refractivity contribution >= 4 is 5.91 Å². The van der Waals surface area contributed by atoms with E-state index in [1.54, 1.807) is 4.90 Å². The van der Waals surface area contributed by atoms with Gasteiger partial charge in [-0.1, -0.05) is 34.6 Å². The van der Waals surface area contributed by atoms with Gasteiger partial charge in [-0.25, -0.2) is 0 Å². The van der Waals surface area contributed by atoms with Crippen LogP contribution in [0.5, 0.6) is 0 Å². The fraction of sp³-hybridized carbons (Fsp3) is 0.975. The van der Waals surface area contributed by atoms with E-state index in [0.29, 0.717) is 55.4 Å². The van der Waals surface area contributed by atoms with Crippen LogP contribution in [0.25, 0.3) is 0 Å². The lowest BCUT2D eigenvalue weighted by Crippen LogP contribution is -2.60. The SMILES string of the molecule is CCO[C@@H]([C@H]1C[C@@H](C)[C@H]2[C@H](O1)[C@H](O)[C@@]1(C)[C@@H]3CC[C@H]4C(C)(C)[C@@H](O[C@H]5CN(CC(=O)N(C)C)CCO5)CCC45C[C@@]35CC[C@]21C)C(C)(C)O. The van der Waals surface area contributed by atoms with Crippen LogP contribution in [0.15, 0.2) is 0 Å². The summed E-state index contributed by atoms with van der Waals surface area (Å²) in [5, 5.41) is 23.7.